The number of rotatable bonds is 6. The lowest BCUT2D eigenvalue weighted by Crippen LogP contribution is -2.31. The Labute approximate surface area is 127 Å². The smallest absolute Gasteiger partial charge is 0.257 e. The summed E-state index contributed by atoms with van der Waals surface area (Å²) in [5.41, 5.74) is 1.58. The zero-order valence-electron chi connectivity index (χ0n) is 11.5. The summed E-state index contributed by atoms with van der Waals surface area (Å²) in [5.74, 6) is 0.0376. The van der Waals surface area contributed by atoms with E-state index in [1.807, 2.05) is 42.2 Å². The molecule has 0 unspecified atom stereocenters. The molecule has 0 N–H and O–H groups in total. The maximum Gasteiger partial charge on any atom is 0.257 e. The Morgan fingerprint density at radius 3 is 2.75 bits per heavy atom. The number of benzene rings is 1. The molecule has 1 amide bonds. The predicted molar refractivity (Wildman–Crippen MR) is 83.6 cm³/mol. The first-order valence-electron chi connectivity index (χ1n) is 6.71. The summed E-state index contributed by atoms with van der Waals surface area (Å²) in [7, 11) is 0. The van der Waals surface area contributed by atoms with Crippen LogP contribution in [0.1, 0.15) is 23.7 Å². The molecule has 0 saturated heterocycles. The molecule has 5 heteroatoms. The number of amides is 1. The Morgan fingerprint density at radius 2 is 2.10 bits per heavy atom. The van der Waals surface area contributed by atoms with Crippen molar-refractivity contribution in [1.29, 1.82) is 0 Å². The van der Waals surface area contributed by atoms with E-state index in [2.05, 4.69) is 21.0 Å². The molecular formula is C15H18BrN3O. The summed E-state index contributed by atoms with van der Waals surface area (Å²) in [5, 5.41) is 5.17. The van der Waals surface area contributed by atoms with E-state index >= 15 is 0 Å². The van der Waals surface area contributed by atoms with Gasteiger partial charge in [0.15, 0.2) is 0 Å². The summed E-state index contributed by atoms with van der Waals surface area (Å²) in [6.07, 6.45) is 4.37. The summed E-state index contributed by atoms with van der Waals surface area (Å²) < 4.78 is 1.73. The van der Waals surface area contributed by atoms with Gasteiger partial charge in [-0.05, 0) is 25.5 Å². The molecule has 0 aliphatic rings. The fourth-order valence-electron chi connectivity index (χ4n) is 1.99. The summed E-state index contributed by atoms with van der Waals surface area (Å²) in [6, 6.07) is 9.78. The van der Waals surface area contributed by atoms with Crippen LogP contribution in [0.5, 0.6) is 0 Å². The van der Waals surface area contributed by atoms with Crippen LogP contribution in [0, 0.1) is 0 Å². The molecule has 1 heterocycles. The first-order chi connectivity index (χ1) is 9.76. The van der Waals surface area contributed by atoms with E-state index in [9.17, 15) is 4.79 Å². The molecule has 2 aromatic rings. The molecule has 0 bridgehead atoms. The van der Waals surface area contributed by atoms with Gasteiger partial charge in [0, 0.05) is 24.6 Å². The lowest BCUT2D eigenvalue weighted by molar-refractivity contribution is 0.0765. The molecule has 106 valence electrons. The molecule has 0 aliphatic heterocycles. The number of halogens is 1. The lowest BCUT2D eigenvalue weighted by atomic mass is 10.3. The van der Waals surface area contributed by atoms with Crippen LogP contribution in [-0.2, 0) is 0 Å². The topological polar surface area (TPSA) is 38.1 Å². The van der Waals surface area contributed by atoms with Crippen molar-refractivity contribution >= 4 is 21.8 Å². The van der Waals surface area contributed by atoms with Gasteiger partial charge in [0.2, 0.25) is 0 Å². The predicted octanol–water partition coefficient (Wildman–Crippen LogP) is 3.12. The molecule has 4 nitrogen and oxygen atoms in total. The minimum absolute atomic E-state index is 0.0376. The first-order valence-corrected chi connectivity index (χ1v) is 7.83. The van der Waals surface area contributed by atoms with Crippen LogP contribution in [0.3, 0.4) is 0 Å². The minimum atomic E-state index is 0.0376. The zero-order valence-corrected chi connectivity index (χ0v) is 13.1. The van der Waals surface area contributed by atoms with Gasteiger partial charge in [-0.1, -0.05) is 34.1 Å². The number of carbonyl (C=O) groups excluding carboxylic acids is 1. The largest absolute Gasteiger partial charge is 0.339 e. The lowest BCUT2D eigenvalue weighted by Gasteiger charge is -2.19. The van der Waals surface area contributed by atoms with Crippen LogP contribution in [0.2, 0.25) is 0 Å². The Hall–Kier alpha value is -1.62. The van der Waals surface area contributed by atoms with Gasteiger partial charge in [0.25, 0.3) is 5.91 Å². The number of para-hydroxylation sites is 1. The van der Waals surface area contributed by atoms with Crippen molar-refractivity contribution in [2.75, 3.05) is 18.4 Å². The number of carbonyl (C=O) groups is 1. The minimum Gasteiger partial charge on any atom is -0.339 e. The second-order valence-electron chi connectivity index (χ2n) is 4.44. The molecule has 0 fully saturated rings. The SMILES string of the molecule is CCN(CCCBr)C(=O)c1cnn(-c2ccccc2)c1. The van der Waals surface area contributed by atoms with E-state index in [1.54, 1.807) is 17.1 Å². The van der Waals surface area contributed by atoms with Crippen molar-refractivity contribution < 1.29 is 4.79 Å². The summed E-state index contributed by atoms with van der Waals surface area (Å²) >= 11 is 3.39. The van der Waals surface area contributed by atoms with Gasteiger partial charge in [-0.25, -0.2) is 4.68 Å². The number of hydrogen-bond acceptors (Lipinski definition) is 2. The third-order valence-corrected chi connectivity index (χ3v) is 3.64. The van der Waals surface area contributed by atoms with Gasteiger partial charge in [0.1, 0.15) is 0 Å². The monoisotopic (exact) mass is 335 g/mol. The molecule has 0 spiro atoms. The van der Waals surface area contributed by atoms with Crippen molar-refractivity contribution in [3.05, 3.63) is 48.3 Å². The average Bonchev–Trinajstić information content (AvgIpc) is 2.98. The van der Waals surface area contributed by atoms with E-state index in [0.717, 1.165) is 24.0 Å². The maximum atomic E-state index is 12.4. The molecule has 0 atom stereocenters. The normalized spacial score (nSPS) is 10.5. The van der Waals surface area contributed by atoms with E-state index in [1.165, 1.54) is 0 Å². The highest BCUT2D eigenvalue weighted by Crippen LogP contribution is 2.10. The second kappa shape index (κ2) is 7.24. The van der Waals surface area contributed by atoms with E-state index in [0.29, 0.717) is 12.1 Å². The number of aromatic nitrogens is 2. The van der Waals surface area contributed by atoms with Gasteiger partial charge in [-0.2, -0.15) is 5.10 Å². The Balaban J connectivity index is 2.13. The first kappa shape index (κ1) is 14.8. The standard InChI is InChI=1S/C15H18BrN3O/c1-2-18(10-6-9-16)15(20)13-11-17-19(12-13)14-7-4-3-5-8-14/h3-5,7-8,11-12H,2,6,9-10H2,1H3. The van der Waals surface area contributed by atoms with Crippen molar-refractivity contribution in [3.63, 3.8) is 0 Å². The molecular weight excluding hydrogens is 318 g/mol. The zero-order chi connectivity index (χ0) is 14.4. The molecule has 20 heavy (non-hydrogen) atoms. The number of hydrogen-bond donors (Lipinski definition) is 0. The van der Waals surface area contributed by atoms with Gasteiger partial charge in [-0.15, -0.1) is 0 Å². The fourth-order valence-corrected chi connectivity index (χ4v) is 2.24. The van der Waals surface area contributed by atoms with Crippen molar-refractivity contribution in [2.45, 2.75) is 13.3 Å². The molecule has 0 aliphatic carbocycles. The van der Waals surface area contributed by atoms with Crippen LogP contribution in [-0.4, -0.2) is 39.0 Å². The third-order valence-electron chi connectivity index (χ3n) is 3.08. The van der Waals surface area contributed by atoms with Gasteiger partial charge < -0.3 is 4.90 Å². The van der Waals surface area contributed by atoms with Crippen LogP contribution < -0.4 is 0 Å². The van der Waals surface area contributed by atoms with Gasteiger partial charge in [-0.3, -0.25) is 4.79 Å². The van der Waals surface area contributed by atoms with Gasteiger partial charge in [0.05, 0.1) is 17.4 Å². The van der Waals surface area contributed by atoms with Crippen LogP contribution in [0.25, 0.3) is 5.69 Å². The molecule has 0 saturated carbocycles. The molecule has 2 rings (SSSR count). The molecule has 1 aromatic carbocycles. The van der Waals surface area contributed by atoms with E-state index in [4.69, 9.17) is 0 Å². The van der Waals surface area contributed by atoms with E-state index in [-0.39, 0.29) is 5.91 Å². The second-order valence-corrected chi connectivity index (χ2v) is 5.23. The highest BCUT2D eigenvalue weighted by molar-refractivity contribution is 9.09. The quantitative estimate of drug-likeness (QED) is 0.760. The summed E-state index contributed by atoms with van der Waals surface area (Å²) in [4.78, 5) is 14.2. The Kier molecular flexibility index (Phi) is 5.35. The average molecular weight is 336 g/mol. The number of nitrogens with zero attached hydrogens (tertiary/aromatic N) is 3. The van der Waals surface area contributed by atoms with Crippen LogP contribution >= 0.6 is 15.9 Å². The third kappa shape index (κ3) is 3.48. The van der Waals surface area contributed by atoms with Crippen molar-refractivity contribution in [1.82, 2.24) is 14.7 Å². The van der Waals surface area contributed by atoms with Crippen molar-refractivity contribution in [3.8, 4) is 5.69 Å². The Morgan fingerprint density at radius 1 is 1.35 bits per heavy atom. The van der Waals surface area contributed by atoms with Crippen LogP contribution in [0.4, 0.5) is 0 Å². The van der Waals surface area contributed by atoms with Gasteiger partial charge >= 0.3 is 0 Å². The molecule has 1 aromatic heterocycles. The van der Waals surface area contributed by atoms with Crippen molar-refractivity contribution in [2.24, 2.45) is 0 Å². The van der Waals surface area contributed by atoms with E-state index < -0.39 is 0 Å². The summed E-state index contributed by atoms with van der Waals surface area (Å²) in [6.45, 7) is 3.47. The maximum absolute atomic E-state index is 12.4. The van der Waals surface area contributed by atoms with Crippen LogP contribution in [0.15, 0.2) is 42.7 Å². The Bertz CT molecular complexity index is 553. The fraction of sp³-hybridized carbons (Fsp3) is 0.333. The number of alkyl halides is 1. The molecule has 0 radical (unpaired) electrons. The highest BCUT2D eigenvalue weighted by Gasteiger charge is 2.15. The highest BCUT2D eigenvalue weighted by atomic mass is 79.9.